The summed E-state index contributed by atoms with van der Waals surface area (Å²) in [6.07, 6.45) is 2.78. The summed E-state index contributed by atoms with van der Waals surface area (Å²) in [4.78, 5) is 15.1. The molecular formula is C29H33FN6O5. The highest BCUT2D eigenvalue weighted by Crippen LogP contribution is 2.44. The number of carbonyl (C=O) groups is 1. The zero-order valence-electron chi connectivity index (χ0n) is 23.8. The van der Waals surface area contributed by atoms with Crippen LogP contribution in [0.1, 0.15) is 57.6 Å². The number of hydrogen-bond donors (Lipinski definition) is 0. The smallest absolute Gasteiger partial charge is 0.416 e. The fraction of sp³-hybridized carbons (Fsp3) is 0.448. The molecule has 2 aliphatic heterocycles. The van der Waals surface area contributed by atoms with Gasteiger partial charge in [0.05, 0.1) is 38.0 Å². The van der Waals surface area contributed by atoms with Crippen molar-refractivity contribution < 1.29 is 28.1 Å². The molecule has 0 spiro atoms. The number of hydrogen-bond acceptors (Lipinski definition) is 8. The topological polar surface area (TPSA) is 105 Å². The molecule has 6 rings (SSSR count). The third-order valence-corrected chi connectivity index (χ3v) is 7.13. The van der Waals surface area contributed by atoms with Crippen molar-refractivity contribution in [2.24, 2.45) is 7.05 Å². The molecular weight excluding hydrogens is 531 g/mol. The van der Waals surface area contributed by atoms with Crippen LogP contribution < -0.4 is 19.1 Å². The minimum absolute atomic E-state index is 0.103. The quantitative estimate of drug-likeness (QED) is 0.303. The van der Waals surface area contributed by atoms with Gasteiger partial charge in [-0.2, -0.15) is 0 Å². The summed E-state index contributed by atoms with van der Waals surface area (Å²) >= 11 is 0. The number of benzene rings is 1. The van der Waals surface area contributed by atoms with Gasteiger partial charge in [-0.15, -0.1) is 15.3 Å². The van der Waals surface area contributed by atoms with E-state index in [1.165, 1.54) is 17.3 Å². The lowest BCUT2D eigenvalue weighted by atomic mass is 9.95. The lowest BCUT2D eigenvalue weighted by Crippen LogP contribution is -2.38. The Morgan fingerprint density at radius 1 is 1.17 bits per heavy atom. The van der Waals surface area contributed by atoms with Gasteiger partial charge in [0.2, 0.25) is 5.88 Å². The molecule has 1 atom stereocenters. The van der Waals surface area contributed by atoms with Gasteiger partial charge in [-0.05, 0) is 45.4 Å². The highest BCUT2D eigenvalue weighted by molar-refractivity contribution is 5.91. The van der Waals surface area contributed by atoms with E-state index in [1.54, 1.807) is 35.9 Å². The van der Waals surface area contributed by atoms with Gasteiger partial charge >= 0.3 is 6.09 Å². The van der Waals surface area contributed by atoms with Gasteiger partial charge in [0.15, 0.2) is 17.2 Å². The molecule has 0 aliphatic carbocycles. The molecule has 12 heteroatoms. The number of amides is 1. The third-order valence-electron chi connectivity index (χ3n) is 7.13. The summed E-state index contributed by atoms with van der Waals surface area (Å²) in [6, 6.07) is 6.64. The summed E-state index contributed by atoms with van der Waals surface area (Å²) < 4.78 is 42.7. The maximum Gasteiger partial charge on any atom is 0.416 e. The number of nitrogens with zero attached hydrogens (tertiary/aromatic N) is 6. The van der Waals surface area contributed by atoms with Crippen LogP contribution in [0.4, 0.5) is 15.0 Å². The van der Waals surface area contributed by atoms with E-state index < -0.39 is 17.5 Å². The minimum atomic E-state index is -0.797. The molecule has 1 amide bonds. The second kappa shape index (κ2) is 10.2. The van der Waals surface area contributed by atoms with Crippen LogP contribution >= 0.6 is 0 Å². The number of unbranched alkanes of at least 4 members (excludes halogenated alkanes) is 1. The Balaban J connectivity index is 1.53. The Morgan fingerprint density at radius 2 is 1.95 bits per heavy atom. The van der Waals surface area contributed by atoms with Crippen LogP contribution in [0, 0.1) is 5.82 Å². The number of rotatable bonds is 5. The van der Waals surface area contributed by atoms with E-state index in [1.807, 2.05) is 19.2 Å². The lowest BCUT2D eigenvalue weighted by Gasteiger charge is -2.29. The minimum Gasteiger partial charge on any atom is -0.493 e. The predicted octanol–water partition coefficient (Wildman–Crippen LogP) is 5.26. The molecule has 1 aromatic carbocycles. The van der Waals surface area contributed by atoms with Crippen LogP contribution in [-0.2, 0) is 18.3 Å². The average Bonchev–Trinajstić information content (AvgIpc) is 3.64. The lowest BCUT2D eigenvalue weighted by molar-refractivity contribution is 0.0574. The molecule has 0 radical (unpaired) electrons. The molecule has 0 bridgehead atoms. The van der Waals surface area contributed by atoms with Crippen LogP contribution in [0.5, 0.6) is 17.4 Å². The Morgan fingerprint density at radius 3 is 2.71 bits per heavy atom. The first kappa shape index (κ1) is 26.9. The molecule has 2 aliphatic rings. The summed E-state index contributed by atoms with van der Waals surface area (Å²) in [5, 5.41) is 13.1. The number of fused-ring (bicyclic) bond motifs is 3. The number of ether oxygens (including phenoxy) is 4. The fourth-order valence-electron chi connectivity index (χ4n) is 5.24. The van der Waals surface area contributed by atoms with Crippen molar-refractivity contribution in [1.29, 1.82) is 0 Å². The van der Waals surface area contributed by atoms with Gasteiger partial charge in [-0.1, -0.05) is 13.3 Å². The number of carbonyl (C=O) groups excluding carboxylic acids is 1. The summed E-state index contributed by atoms with van der Waals surface area (Å²) in [6.45, 7) is 8.46. The van der Waals surface area contributed by atoms with Gasteiger partial charge in [-0.25, -0.2) is 9.18 Å². The van der Waals surface area contributed by atoms with E-state index in [2.05, 4.69) is 22.2 Å². The normalized spacial score (nSPS) is 16.2. The molecule has 0 saturated heterocycles. The van der Waals surface area contributed by atoms with E-state index in [4.69, 9.17) is 18.9 Å². The number of aromatic nitrogens is 5. The van der Waals surface area contributed by atoms with E-state index >= 15 is 4.39 Å². The molecule has 5 heterocycles. The molecule has 0 unspecified atom stereocenters. The molecule has 11 nitrogen and oxygen atoms in total. The molecule has 41 heavy (non-hydrogen) atoms. The van der Waals surface area contributed by atoms with Crippen molar-refractivity contribution in [1.82, 2.24) is 24.4 Å². The highest BCUT2D eigenvalue weighted by Gasteiger charge is 2.37. The molecule has 0 fully saturated rings. The first-order valence-electron chi connectivity index (χ1n) is 13.8. The number of pyridine rings is 1. The van der Waals surface area contributed by atoms with Crippen molar-refractivity contribution >= 4 is 17.6 Å². The van der Waals surface area contributed by atoms with Crippen LogP contribution in [0.25, 0.3) is 16.9 Å². The van der Waals surface area contributed by atoms with Crippen molar-refractivity contribution in [3.05, 3.63) is 47.5 Å². The zero-order valence-corrected chi connectivity index (χ0v) is 23.8. The van der Waals surface area contributed by atoms with Crippen molar-refractivity contribution in [3.8, 4) is 28.6 Å². The van der Waals surface area contributed by atoms with Crippen LogP contribution in [0.15, 0.2) is 30.6 Å². The second-order valence-electron chi connectivity index (χ2n) is 11.3. The first-order valence-corrected chi connectivity index (χ1v) is 13.8. The Bertz CT molecular complexity index is 1620. The molecule has 216 valence electrons. The Labute approximate surface area is 236 Å². The van der Waals surface area contributed by atoms with Gasteiger partial charge in [0.25, 0.3) is 0 Å². The van der Waals surface area contributed by atoms with Crippen molar-refractivity contribution in [2.45, 2.75) is 58.6 Å². The third kappa shape index (κ3) is 4.91. The maximum absolute atomic E-state index is 15.4. The van der Waals surface area contributed by atoms with Crippen molar-refractivity contribution in [2.75, 3.05) is 24.7 Å². The number of aryl methyl sites for hydroxylation is 1. The van der Waals surface area contributed by atoms with Gasteiger partial charge in [0, 0.05) is 29.8 Å². The standard InChI is InChI=1S/C29H33FN6O5/c1-6-7-10-38-24-12-21(34(5)33-24)18-11-23-27(36-16-31-32-26(18)36)35(28(37)41-29(2,3)4)13-19-20(30)8-9-22-25(19)17(14-39-22)15-40-23/h8-9,11-12,16-17H,6-7,10,13-15H2,1-5H3/t17-/m1/s1. The Kier molecular flexibility index (Phi) is 6.71. The first-order chi connectivity index (χ1) is 19.6. The second-order valence-corrected chi connectivity index (χ2v) is 11.3. The van der Waals surface area contributed by atoms with Gasteiger partial charge in [0.1, 0.15) is 23.5 Å². The number of halogens is 1. The highest BCUT2D eigenvalue weighted by atomic mass is 19.1. The van der Waals surface area contributed by atoms with E-state index in [9.17, 15) is 4.79 Å². The fourth-order valence-corrected chi connectivity index (χ4v) is 5.24. The summed E-state index contributed by atoms with van der Waals surface area (Å²) in [5.41, 5.74) is 2.13. The largest absolute Gasteiger partial charge is 0.493 e. The molecule has 0 saturated carbocycles. The number of anilines is 1. The molecule has 3 aromatic heterocycles. The van der Waals surface area contributed by atoms with Crippen molar-refractivity contribution in [3.63, 3.8) is 0 Å². The van der Waals surface area contributed by atoms with E-state index in [0.29, 0.717) is 58.7 Å². The molecule has 4 aromatic rings. The van der Waals surface area contributed by atoms with Crippen LogP contribution in [-0.4, -0.2) is 55.9 Å². The monoisotopic (exact) mass is 564 g/mol. The SMILES string of the molecule is CCCCOc1cc(-c2cc3c(n4cnnc24)N(C(=O)OC(C)(C)C)Cc2c(F)ccc4c2[C@H](CO4)CO3)n(C)n1. The van der Waals surface area contributed by atoms with Crippen LogP contribution in [0.3, 0.4) is 0 Å². The van der Waals surface area contributed by atoms with E-state index in [0.717, 1.165) is 18.5 Å². The van der Waals surface area contributed by atoms with E-state index in [-0.39, 0.29) is 19.1 Å². The van der Waals surface area contributed by atoms with Gasteiger partial charge in [-0.3, -0.25) is 14.0 Å². The van der Waals surface area contributed by atoms with Crippen LogP contribution in [0.2, 0.25) is 0 Å². The predicted molar refractivity (Wildman–Crippen MR) is 148 cm³/mol. The average molecular weight is 565 g/mol. The maximum atomic E-state index is 15.4. The van der Waals surface area contributed by atoms with Gasteiger partial charge < -0.3 is 18.9 Å². The Hall–Kier alpha value is -4.35. The zero-order chi connectivity index (χ0) is 28.9. The summed E-state index contributed by atoms with van der Waals surface area (Å²) in [5.74, 6) is 1.15. The summed E-state index contributed by atoms with van der Waals surface area (Å²) in [7, 11) is 1.82. The molecule has 0 N–H and O–H groups in total.